The monoisotopic (exact) mass is 584 g/mol. The first-order chi connectivity index (χ1) is 20.4. The lowest BCUT2D eigenvalue weighted by Gasteiger charge is -2.24. The van der Waals surface area contributed by atoms with E-state index in [9.17, 15) is 9.59 Å². The van der Waals surface area contributed by atoms with E-state index in [2.05, 4.69) is 11.4 Å². The molecule has 1 atom stereocenters. The topological polar surface area (TPSA) is 85.7 Å². The van der Waals surface area contributed by atoms with E-state index in [1.54, 1.807) is 19.1 Å². The van der Waals surface area contributed by atoms with Crippen LogP contribution in [0.3, 0.4) is 0 Å². The number of nitrogens with zero attached hydrogens (tertiary/aromatic N) is 3. The standard InChI is InChI=1S/C33H36N4O4S/c1-22-15-16-26(23(2)19-22)37-33-30(31(35-37)24-11-6-5-7-12-24)32(25-13-8-9-14-27(25)41-4)42-21-29(39)36(33)20-28(38)34-17-10-18-40-3/h5-9,11-16,19,32H,10,17-18,20-21H2,1-4H3,(H,34,38)/t32-/m1/s1. The Kier molecular flexibility index (Phi) is 9.29. The Labute approximate surface area is 251 Å². The van der Waals surface area contributed by atoms with E-state index < -0.39 is 0 Å². The van der Waals surface area contributed by atoms with Gasteiger partial charge in [0.05, 0.1) is 29.5 Å². The van der Waals surface area contributed by atoms with Crippen molar-refractivity contribution in [1.29, 1.82) is 0 Å². The lowest BCUT2D eigenvalue weighted by molar-refractivity contribution is -0.122. The molecule has 9 heteroatoms. The van der Waals surface area contributed by atoms with Gasteiger partial charge in [0, 0.05) is 37.0 Å². The molecule has 0 unspecified atom stereocenters. The van der Waals surface area contributed by atoms with Crippen molar-refractivity contribution in [3.63, 3.8) is 0 Å². The van der Waals surface area contributed by atoms with E-state index >= 15 is 0 Å². The molecule has 1 aliphatic rings. The largest absolute Gasteiger partial charge is 0.496 e. The van der Waals surface area contributed by atoms with E-state index in [1.807, 2.05) is 85.3 Å². The number of ether oxygens (including phenoxy) is 2. The van der Waals surface area contributed by atoms with Gasteiger partial charge in [-0.05, 0) is 38.0 Å². The summed E-state index contributed by atoms with van der Waals surface area (Å²) in [4.78, 5) is 28.7. The molecule has 1 aromatic heterocycles. The van der Waals surface area contributed by atoms with Crippen molar-refractivity contribution in [1.82, 2.24) is 15.1 Å². The molecule has 8 nitrogen and oxygen atoms in total. The summed E-state index contributed by atoms with van der Waals surface area (Å²) in [5.41, 5.74) is 6.50. The Morgan fingerprint density at radius 2 is 1.81 bits per heavy atom. The van der Waals surface area contributed by atoms with Crippen molar-refractivity contribution in [2.24, 2.45) is 0 Å². The Hall–Kier alpha value is -4.08. The van der Waals surface area contributed by atoms with Gasteiger partial charge in [-0.3, -0.25) is 14.5 Å². The number of carbonyl (C=O) groups excluding carboxylic acids is 2. The van der Waals surface area contributed by atoms with Crippen LogP contribution in [0.4, 0.5) is 5.82 Å². The fourth-order valence-corrected chi connectivity index (χ4v) is 6.53. The maximum atomic E-state index is 13.9. The number of thioether (sulfide) groups is 1. The molecule has 1 N–H and O–H groups in total. The summed E-state index contributed by atoms with van der Waals surface area (Å²) < 4.78 is 12.8. The van der Waals surface area contributed by atoms with Gasteiger partial charge in [-0.2, -0.15) is 5.10 Å². The third kappa shape index (κ3) is 6.07. The summed E-state index contributed by atoms with van der Waals surface area (Å²) in [6.45, 7) is 4.98. The fraction of sp³-hybridized carbons (Fsp3) is 0.303. The number of para-hydroxylation sites is 1. The Morgan fingerprint density at radius 1 is 1.05 bits per heavy atom. The molecule has 0 spiro atoms. The molecule has 4 aromatic rings. The van der Waals surface area contributed by atoms with Crippen molar-refractivity contribution >= 4 is 29.4 Å². The van der Waals surface area contributed by atoms with E-state index in [0.717, 1.165) is 44.9 Å². The predicted octanol–water partition coefficient (Wildman–Crippen LogP) is 5.49. The Balaban J connectivity index is 1.75. The van der Waals surface area contributed by atoms with Gasteiger partial charge in [0.2, 0.25) is 11.8 Å². The average molecular weight is 585 g/mol. The summed E-state index contributed by atoms with van der Waals surface area (Å²) in [7, 11) is 3.29. The maximum Gasteiger partial charge on any atom is 0.240 e. The van der Waals surface area contributed by atoms with Crippen LogP contribution in [-0.2, 0) is 14.3 Å². The van der Waals surface area contributed by atoms with Gasteiger partial charge < -0.3 is 14.8 Å². The number of methoxy groups -OCH3 is 2. The van der Waals surface area contributed by atoms with Crippen LogP contribution in [-0.4, -0.2) is 61.3 Å². The zero-order chi connectivity index (χ0) is 29.6. The van der Waals surface area contributed by atoms with Gasteiger partial charge in [0.15, 0.2) is 0 Å². The van der Waals surface area contributed by atoms with Gasteiger partial charge in [0.1, 0.15) is 18.1 Å². The van der Waals surface area contributed by atoms with E-state index in [4.69, 9.17) is 14.6 Å². The molecule has 218 valence electrons. The summed E-state index contributed by atoms with van der Waals surface area (Å²) in [5, 5.41) is 7.87. The first-order valence-electron chi connectivity index (χ1n) is 14.0. The van der Waals surface area contributed by atoms with Crippen LogP contribution in [0.1, 0.15) is 33.9 Å². The third-order valence-electron chi connectivity index (χ3n) is 7.29. The highest BCUT2D eigenvalue weighted by Gasteiger charge is 2.38. The molecule has 0 radical (unpaired) electrons. The number of rotatable bonds is 10. The van der Waals surface area contributed by atoms with Crippen molar-refractivity contribution in [3.05, 3.63) is 95.1 Å². The normalized spacial score (nSPS) is 14.8. The summed E-state index contributed by atoms with van der Waals surface area (Å²) in [6.07, 6.45) is 0.686. The molecule has 3 aromatic carbocycles. The van der Waals surface area contributed by atoms with Crippen LogP contribution >= 0.6 is 11.8 Å². The lowest BCUT2D eigenvalue weighted by Crippen LogP contribution is -2.42. The van der Waals surface area contributed by atoms with Gasteiger partial charge >= 0.3 is 0 Å². The highest BCUT2D eigenvalue weighted by molar-refractivity contribution is 8.00. The minimum absolute atomic E-state index is 0.122. The molecule has 1 aliphatic heterocycles. The number of aryl methyl sites for hydroxylation is 2. The number of amides is 2. The van der Waals surface area contributed by atoms with E-state index in [0.29, 0.717) is 25.4 Å². The molecule has 0 fully saturated rings. The van der Waals surface area contributed by atoms with Crippen LogP contribution < -0.4 is 15.0 Å². The number of hydrogen-bond acceptors (Lipinski definition) is 6. The molecule has 0 saturated heterocycles. The van der Waals surface area contributed by atoms with Crippen LogP contribution in [0.2, 0.25) is 0 Å². The van der Waals surface area contributed by atoms with Crippen LogP contribution in [0.5, 0.6) is 5.75 Å². The van der Waals surface area contributed by atoms with Crippen LogP contribution in [0.25, 0.3) is 16.9 Å². The third-order valence-corrected chi connectivity index (χ3v) is 8.52. The molecular formula is C33H36N4O4S. The minimum atomic E-state index is -0.274. The second-order valence-electron chi connectivity index (χ2n) is 10.3. The molecule has 2 amide bonds. The zero-order valence-electron chi connectivity index (χ0n) is 24.4. The number of aromatic nitrogens is 2. The van der Waals surface area contributed by atoms with Gasteiger partial charge in [-0.1, -0.05) is 66.2 Å². The first kappa shape index (κ1) is 29.4. The quantitative estimate of drug-likeness (QED) is 0.248. The van der Waals surface area contributed by atoms with E-state index in [-0.39, 0.29) is 29.4 Å². The first-order valence-corrected chi connectivity index (χ1v) is 15.0. The Morgan fingerprint density at radius 3 is 2.55 bits per heavy atom. The van der Waals surface area contributed by atoms with Crippen molar-refractivity contribution in [2.75, 3.05) is 44.6 Å². The lowest BCUT2D eigenvalue weighted by atomic mass is 9.99. The van der Waals surface area contributed by atoms with E-state index in [1.165, 1.54) is 11.8 Å². The molecule has 2 heterocycles. The summed E-state index contributed by atoms with van der Waals surface area (Å²) in [6, 6.07) is 24.0. The SMILES string of the molecule is COCCCNC(=O)CN1C(=O)CS[C@H](c2ccccc2OC)c2c(-c3ccccc3)nn(-c3ccc(C)cc3C)c21. The van der Waals surface area contributed by atoms with Crippen LogP contribution in [0, 0.1) is 13.8 Å². The number of fused-ring (bicyclic) bond motifs is 1. The zero-order valence-corrected chi connectivity index (χ0v) is 25.2. The van der Waals surface area contributed by atoms with Gasteiger partial charge in [0.25, 0.3) is 0 Å². The van der Waals surface area contributed by atoms with Crippen molar-refractivity contribution in [2.45, 2.75) is 25.5 Å². The molecule has 0 bridgehead atoms. The number of nitrogens with one attached hydrogen (secondary N) is 1. The molecule has 0 aliphatic carbocycles. The molecule has 42 heavy (non-hydrogen) atoms. The fourth-order valence-electron chi connectivity index (χ4n) is 5.31. The second-order valence-corrected chi connectivity index (χ2v) is 11.4. The highest BCUT2D eigenvalue weighted by Crippen LogP contribution is 2.50. The molecular weight excluding hydrogens is 548 g/mol. The number of carbonyl (C=O) groups is 2. The van der Waals surface area contributed by atoms with Gasteiger partial charge in [-0.25, -0.2) is 4.68 Å². The highest BCUT2D eigenvalue weighted by atomic mass is 32.2. The van der Waals surface area contributed by atoms with Crippen molar-refractivity contribution in [3.8, 4) is 22.7 Å². The number of anilines is 1. The average Bonchev–Trinajstić information content (AvgIpc) is 3.32. The summed E-state index contributed by atoms with van der Waals surface area (Å²) >= 11 is 1.52. The minimum Gasteiger partial charge on any atom is -0.496 e. The predicted molar refractivity (Wildman–Crippen MR) is 168 cm³/mol. The second kappa shape index (κ2) is 13.3. The smallest absolute Gasteiger partial charge is 0.240 e. The summed E-state index contributed by atoms with van der Waals surface area (Å²) in [5.74, 6) is 1.13. The Bertz CT molecular complexity index is 1570. The maximum absolute atomic E-state index is 13.9. The molecule has 0 saturated carbocycles. The van der Waals surface area contributed by atoms with Crippen molar-refractivity contribution < 1.29 is 19.1 Å². The van der Waals surface area contributed by atoms with Crippen LogP contribution in [0.15, 0.2) is 72.8 Å². The van der Waals surface area contributed by atoms with Gasteiger partial charge in [-0.15, -0.1) is 11.8 Å². The number of benzene rings is 3. The molecule has 5 rings (SSSR count). The number of hydrogen-bond donors (Lipinski definition) is 1.